The average molecular weight is 565 g/mol. The van der Waals surface area contributed by atoms with Crippen molar-refractivity contribution in [1.29, 1.82) is 0 Å². The minimum atomic E-state index is 0.472. The summed E-state index contributed by atoms with van der Waals surface area (Å²) in [5.74, 6) is 1.20. The number of rotatable bonds is 14. The van der Waals surface area contributed by atoms with Crippen molar-refractivity contribution >= 4 is 28.9 Å². The van der Waals surface area contributed by atoms with Crippen molar-refractivity contribution in [3.63, 3.8) is 0 Å². The van der Waals surface area contributed by atoms with E-state index in [-0.39, 0.29) is 0 Å². The Morgan fingerprint density at radius 3 is 2.46 bits per heavy atom. The first-order chi connectivity index (χ1) is 18.6. The lowest BCUT2D eigenvalue weighted by molar-refractivity contribution is 0.415. The molecular weight excluding hydrogens is 520 g/mol. The fourth-order valence-corrected chi connectivity index (χ4v) is 5.38. The van der Waals surface area contributed by atoms with Crippen LogP contribution in [0.3, 0.4) is 0 Å². The van der Waals surface area contributed by atoms with Gasteiger partial charge in [-0.3, -0.25) is 0 Å². The molecule has 0 aromatic heterocycles. The maximum atomic E-state index is 6.63. The molecule has 5 heteroatoms. The number of ether oxygens (including phenoxy) is 1. The summed E-state index contributed by atoms with van der Waals surface area (Å²) in [6, 6.07) is 5.74. The summed E-state index contributed by atoms with van der Waals surface area (Å²) in [4.78, 5) is 2.17. The Labute approximate surface area is 246 Å². The molecule has 2 rings (SSSR count). The molecule has 39 heavy (non-hydrogen) atoms. The molecule has 0 bridgehead atoms. The van der Waals surface area contributed by atoms with Gasteiger partial charge in [0, 0.05) is 40.8 Å². The first kappa shape index (κ1) is 32.4. The molecule has 0 radical (unpaired) electrons. The largest absolute Gasteiger partial charge is 0.497 e. The molecule has 0 fully saturated rings. The summed E-state index contributed by atoms with van der Waals surface area (Å²) in [6.07, 6.45) is 16.2. The van der Waals surface area contributed by atoms with Crippen LogP contribution in [-0.2, 0) is 0 Å². The van der Waals surface area contributed by atoms with Gasteiger partial charge >= 0.3 is 0 Å². The second kappa shape index (κ2) is 15.7. The van der Waals surface area contributed by atoms with Gasteiger partial charge in [-0.05, 0) is 79.9 Å². The number of allylic oxidation sites excluding steroid dienone is 8. The molecule has 1 heterocycles. The molecule has 1 aromatic rings. The monoisotopic (exact) mass is 564 g/mol. The Morgan fingerprint density at radius 1 is 1.18 bits per heavy atom. The van der Waals surface area contributed by atoms with E-state index in [9.17, 15) is 0 Å². The first-order valence-electron chi connectivity index (χ1n) is 13.6. The average Bonchev–Trinajstić information content (AvgIpc) is 2.94. The van der Waals surface area contributed by atoms with Crippen LogP contribution in [0.1, 0.15) is 65.9 Å². The molecule has 0 aliphatic carbocycles. The number of thioether (sulfide) groups is 1. The third-order valence-electron chi connectivity index (χ3n) is 7.16. The van der Waals surface area contributed by atoms with Gasteiger partial charge in [0.1, 0.15) is 5.75 Å². The van der Waals surface area contributed by atoms with E-state index < -0.39 is 0 Å². The third-order valence-corrected chi connectivity index (χ3v) is 8.35. The van der Waals surface area contributed by atoms with Gasteiger partial charge in [-0.2, -0.15) is 0 Å². The van der Waals surface area contributed by atoms with Gasteiger partial charge in [-0.25, -0.2) is 0 Å². The molecule has 0 amide bonds. The number of hydrogen-bond acceptors (Lipinski definition) is 4. The Bertz CT molecular complexity index is 1230. The highest BCUT2D eigenvalue weighted by Crippen LogP contribution is 2.39. The van der Waals surface area contributed by atoms with Gasteiger partial charge in [0.25, 0.3) is 0 Å². The molecule has 210 valence electrons. The van der Waals surface area contributed by atoms with Crippen LogP contribution in [0.2, 0.25) is 5.02 Å². The fourth-order valence-electron chi connectivity index (χ4n) is 4.24. The van der Waals surface area contributed by atoms with Crippen molar-refractivity contribution in [2.45, 2.75) is 60.3 Å². The Hall–Kier alpha value is -2.82. The topological polar surface area (TPSA) is 24.5 Å². The number of halogens is 1. The molecule has 0 saturated carbocycles. The zero-order chi connectivity index (χ0) is 29.1. The summed E-state index contributed by atoms with van der Waals surface area (Å²) < 4.78 is 5.33. The quantitative estimate of drug-likeness (QED) is 0.227. The molecule has 1 unspecified atom stereocenters. The van der Waals surface area contributed by atoms with Gasteiger partial charge in [0.05, 0.1) is 17.2 Å². The van der Waals surface area contributed by atoms with E-state index in [0.29, 0.717) is 10.9 Å². The van der Waals surface area contributed by atoms with Gasteiger partial charge in [-0.1, -0.05) is 76.8 Å². The van der Waals surface area contributed by atoms with E-state index >= 15 is 0 Å². The number of nitrogens with one attached hydrogen (secondary N) is 1. The number of methoxy groups -OCH3 is 1. The summed E-state index contributed by atoms with van der Waals surface area (Å²) in [6.45, 7) is 24.0. The van der Waals surface area contributed by atoms with Gasteiger partial charge in [0.15, 0.2) is 0 Å². The maximum absolute atomic E-state index is 6.63. The lowest BCUT2D eigenvalue weighted by atomic mass is 9.97. The Morgan fingerprint density at radius 2 is 1.90 bits per heavy atom. The SMILES string of the molecule is C=C(/C=C\C(NC(=C)C/C(CC)=C(\SC)N1C=CC=C(c2ccc(OC)cc2Cl)C1=C)=C(\C)C(C)CC)CC. The van der Waals surface area contributed by atoms with Crippen LogP contribution >= 0.6 is 23.4 Å². The van der Waals surface area contributed by atoms with Gasteiger partial charge in [-0.15, -0.1) is 11.8 Å². The summed E-state index contributed by atoms with van der Waals surface area (Å²) >= 11 is 8.35. The normalized spacial score (nSPS) is 15.5. The van der Waals surface area contributed by atoms with E-state index in [1.165, 1.54) is 11.1 Å². The van der Waals surface area contributed by atoms with E-state index in [1.807, 2.05) is 24.3 Å². The molecule has 1 aliphatic rings. The maximum Gasteiger partial charge on any atom is 0.120 e. The van der Waals surface area contributed by atoms with E-state index in [1.54, 1.807) is 18.9 Å². The molecule has 1 atom stereocenters. The van der Waals surface area contributed by atoms with Crippen LogP contribution in [0, 0.1) is 5.92 Å². The van der Waals surface area contributed by atoms with Crippen LogP contribution in [0.15, 0.2) is 107 Å². The van der Waals surface area contributed by atoms with Crippen LogP contribution < -0.4 is 10.1 Å². The summed E-state index contributed by atoms with van der Waals surface area (Å²) in [5.41, 5.74) is 8.58. The standard InChI is InChI=1S/C34H45ClN2OS/c1-11-23(4)16-19-33(26(7)24(5)12-2)36-25(6)21-28(13-3)34(39-10)37-20-14-15-30(27(37)8)31-18-17-29(38-9)22-32(31)35/h14-20,22,24,36H,4,6,8,11-13,21H2,1-3,5,7,9-10H3/b19-16-,33-26+,34-28-. The van der Waals surface area contributed by atoms with Crippen molar-refractivity contribution in [2.75, 3.05) is 13.4 Å². The zero-order valence-corrected chi connectivity index (χ0v) is 26.4. The van der Waals surface area contributed by atoms with Crippen LogP contribution in [0.4, 0.5) is 0 Å². The fraction of sp³-hybridized carbons (Fsp3) is 0.353. The van der Waals surface area contributed by atoms with Crippen molar-refractivity contribution < 1.29 is 4.74 Å². The molecule has 0 spiro atoms. The third kappa shape index (κ3) is 8.58. The summed E-state index contributed by atoms with van der Waals surface area (Å²) in [5, 5.41) is 5.42. The minimum absolute atomic E-state index is 0.472. The van der Waals surface area contributed by atoms with Crippen LogP contribution in [0.5, 0.6) is 5.75 Å². The molecule has 1 aromatic carbocycles. The number of benzene rings is 1. The first-order valence-corrected chi connectivity index (χ1v) is 15.2. The van der Waals surface area contributed by atoms with Crippen molar-refractivity contribution in [2.24, 2.45) is 5.92 Å². The molecule has 3 nitrogen and oxygen atoms in total. The predicted octanol–water partition coefficient (Wildman–Crippen LogP) is 10.4. The molecular formula is C34H45ClN2OS. The lowest BCUT2D eigenvalue weighted by Crippen LogP contribution is -2.20. The van der Waals surface area contributed by atoms with Gasteiger partial charge in [0.2, 0.25) is 0 Å². The lowest BCUT2D eigenvalue weighted by Gasteiger charge is -2.31. The predicted molar refractivity (Wildman–Crippen MR) is 175 cm³/mol. The minimum Gasteiger partial charge on any atom is -0.497 e. The number of hydrogen-bond donors (Lipinski definition) is 1. The van der Waals surface area contributed by atoms with Crippen LogP contribution in [-0.4, -0.2) is 18.3 Å². The highest BCUT2D eigenvalue weighted by Gasteiger charge is 2.22. The second-order valence-corrected chi connectivity index (χ2v) is 10.9. The second-order valence-electron chi connectivity index (χ2n) is 9.71. The van der Waals surface area contributed by atoms with E-state index in [4.69, 9.17) is 16.3 Å². The summed E-state index contributed by atoms with van der Waals surface area (Å²) in [7, 11) is 1.64. The van der Waals surface area contributed by atoms with Crippen LogP contribution in [0.25, 0.3) is 5.57 Å². The molecule has 1 N–H and O–H groups in total. The highest BCUT2D eigenvalue weighted by atomic mass is 35.5. The van der Waals surface area contributed by atoms with Crippen molar-refractivity contribution in [3.8, 4) is 5.75 Å². The Kier molecular flexibility index (Phi) is 13.0. The number of nitrogens with zero attached hydrogens (tertiary/aromatic N) is 1. The highest BCUT2D eigenvalue weighted by molar-refractivity contribution is 8.02. The van der Waals surface area contributed by atoms with Crippen molar-refractivity contribution in [1.82, 2.24) is 10.2 Å². The van der Waals surface area contributed by atoms with E-state index in [0.717, 1.165) is 70.3 Å². The molecule has 1 aliphatic heterocycles. The van der Waals surface area contributed by atoms with E-state index in [2.05, 4.69) is 95.3 Å². The van der Waals surface area contributed by atoms with Gasteiger partial charge < -0.3 is 15.0 Å². The smallest absolute Gasteiger partial charge is 0.120 e. The zero-order valence-electron chi connectivity index (χ0n) is 24.8. The Balaban J connectivity index is 2.36. The van der Waals surface area contributed by atoms with Crippen molar-refractivity contribution in [3.05, 3.63) is 118 Å². The molecule has 0 saturated heterocycles.